The topological polar surface area (TPSA) is 526 Å². The van der Waals surface area contributed by atoms with Gasteiger partial charge >= 0.3 is 0 Å². The van der Waals surface area contributed by atoms with E-state index in [0.29, 0.717) is 152 Å². The highest BCUT2D eigenvalue weighted by Gasteiger charge is 2.26. The second-order valence-corrected chi connectivity index (χ2v) is 33.4. The number of imidazole rings is 5. The van der Waals surface area contributed by atoms with Crippen molar-refractivity contribution in [2.24, 2.45) is 5.92 Å². The Morgan fingerprint density at radius 1 is 0.358 bits per heavy atom. The third-order valence-corrected chi connectivity index (χ3v) is 24.3. The fraction of sp³-hybridized carbons (Fsp3) is 0.286. The maximum Gasteiger partial charge on any atom is 0.225 e. The van der Waals surface area contributed by atoms with E-state index in [9.17, 15) is 24.0 Å². The van der Waals surface area contributed by atoms with Gasteiger partial charge in [-0.1, -0.05) is 107 Å². The summed E-state index contributed by atoms with van der Waals surface area (Å²) in [5, 5.41) is 25.5. The highest BCUT2D eigenvalue weighted by Crippen LogP contribution is 2.39. The van der Waals surface area contributed by atoms with Crippen molar-refractivity contribution >= 4 is 168 Å². The van der Waals surface area contributed by atoms with Gasteiger partial charge in [-0.25, -0.2) is 49.8 Å². The molecule has 134 heavy (non-hydrogen) atoms. The second-order valence-electron chi connectivity index (χ2n) is 33.4. The van der Waals surface area contributed by atoms with Crippen LogP contribution in [0.4, 0.5) is 29.1 Å². The van der Waals surface area contributed by atoms with Crippen molar-refractivity contribution < 1.29 is 24.0 Å². The summed E-state index contributed by atoms with van der Waals surface area (Å²) in [6.07, 6.45) is 11.2. The summed E-state index contributed by atoms with van der Waals surface area (Å²) in [5.74, 6) is 6.44. The van der Waals surface area contributed by atoms with Gasteiger partial charge in [-0.2, -0.15) is 15.3 Å². The summed E-state index contributed by atoms with van der Waals surface area (Å²) >= 11 is 0. The zero-order chi connectivity index (χ0) is 94.3. The van der Waals surface area contributed by atoms with E-state index in [2.05, 4.69) is 122 Å². The van der Waals surface area contributed by atoms with Crippen LogP contribution < -0.4 is 28.7 Å². The molecule has 5 amide bonds. The van der Waals surface area contributed by atoms with Gasteiger partial charge in [0.15, 0.2) is 0 Å². The van der Waals surface area contributed by atoms with Crippen LogP contribution in [-0.2, 0) is 56.7 Å². The summed E-state index contributed by atoms with van der Waals surface area (Å²) in [7, 11) is 1.76. The molecule has 18 N–H and O–H groups in total. The average Bonchev–Trinajstić information content (AvgIpc) is 1.58. The molecule has 1 fully saturated rings. The Morgan fingerprint density at radius 2 is 0.672 bits per heavy atom. The van der Waals surface area contributed by atoms with E-state index in [4.69, 9.17) is 48.6 Å². The molecule has 13 aromatic heterocycles. The van der Waals surface area contributed by atoms with Crippen LogP contribution in [0.1, 0.15) is 148 Å². The monoisotopic (exact) mass is 1800 g/mol. The number of amides is 5. The van der Waals surface area contributed by atoms with E-state index >= 15 is 0 Å². The number of rotatable bonds is 22. The van der Waals surface area contributed by atoms with Crippen LogP contribution in [0.5, 0.6) is 0 Å². The average molecular weight is 1800 g/mol. The molecule has 20 rings (SSSR count). The largest absolute Gasteiger partial charge is 0.382 e. The molecule has 0 saturated heterocycles. The first-order valence-corrected chi connectivity index (χ1v) is 45.0. The molecule has 0 aliphatic heterocycles. The van der Waals surface area contributed by atoms with Crippen LogP contribution >= 0.6 is 0 Å². The molecular formula is C98H109N31O5. The van der Waals surface area contributed by atoms with Crippen molar-refractivity contribution in [3.05, 3.63) is 193 Å². The third kappa shape index (κ3) is 19.3. The van der Waals surface area contributed by atoms with Crippen LogP contribution in [0.25, 0.3) is 155 Å². The van der Waals surface area contributed by atoms with Gasteiger partial charge in [0.05, 0.1) is 77.4 Å². The molecule has 0 spiro atoms. The highest BCUT2D eigenvalue weighted by molar-refractivity contribution is 6.11. The number of carbonyl (C=O) groups is 5. The Balaban J connectivity index is 0.000000122. The zero-order valence-corrected chi connectivity index (χ0v) is 76.8. The molecule has 0 bridgehead atoms. The van der Waals surface area contributed by atoms with Gasteiger partial charge in [-0.05, 0) is 136 Å². The molecule has 19 aromatic rings. The smallest absolute Gasteiger partial charge is 0.225 e. The summed E-state index contributed by atoms with van der Waals surface area (Å²) in [6, 6.07) is 46.3. The first kappa shape index (κ1) is 91.0. The molecule has 0 unspecified atom stereocenters. The molecule has 36 heteroatoms. The van der Waals surface area contributed by atoms with Gasteiger partial charge in [0.2, 0.25) is 29.5 Å². The number of H-pyrrole nitrogens is 8. The number of nitrogens with one attached hydrogen (secondary N) is 8. The molecule has 6 aromatic carbocycles. The van der Waals surface area contributed by atoms with Crippen molar-refractivity contribution in [2.75, 3.05) is 61.9 Å². The Labute approximate surface area is 770 Å². The number of nitrogens with two attached hydrogens (primary N) is 5. The number of nitrogen functional groups attached to an aromatic ring is 5. The lowest BCUT2D eigenvalue weighted by molar-refractivity contribution is -0.135. The third-order valence-electron chi connectivity index (χ3n) is 24.3. The number of aromatic amines is 8. The molecule has 1 aliphatic carbocycles. The number of pyridine rings is 5. The summed E-state index contributed by atoms with van der Waals surface area (Å²) in [5.41, 5.74) is 51.6. The minimum Gasteiger partial charge on any atom is -0.382 e. The summed E-state index contributed by atoms with van der Waals surface area (Å²) < 4.78 is 0. The van der Waals surface area contributed by atoms with Gasteiger partial charge in [0, 0.05) is 128 Å². The van der Waals surface area contributed by atoms with E-state index in [0.717, 1.165) is 138 Å². The van der Waals surface area contributed by atoms with E-state index in [-0.39, 0.29) is 35.5 Å². The van der Waals surface area contributed by atoms with E-state index < -0.39 is 0 Å². The lowest BCUT2D eigenvalue weighted by Crippen LogP contribution is -2.33. The molecular weight excluding hydrogens is 1690 g/mol. The maximum absolute atomic E-state index is 12.4. The van der Waals surface area contributed by atoms with Crippen LogP contribution in [-0.4, -0.2) is 193 Å². The molecule has 1 saturated carbocycles. The number of aromatic nitrogens is 21. The van der Waals surface area contributed by atoms with Crippen molar-refractivity contribution in [1.82, 2.24) is 130 Å². The summed E-state index contributed by atoms with van der Waals surface area (Å²) in [6.45, 7) is 23.1. The number of benzene rings is 6. The minimum atomic E-state index is -0.0576. The molecule has 36 nitrogen and oxygen atoms in total. The quantitative estimate of drug-likeness (QED) is 0.0300. The van der Waals surface area contributed by atoms with Crippen molar-refractivity contribution in [3.8, 4) is 44.9 Å². The van der Waals surface area contributed by atoms with E-state index in [1.165, 1.54) is 31.2 Å². The van der Waals surface area contributed by atoms with Crippen molar-refractivity contribution in [2.45, 2.75) is 146 Å². The molecule has 686 valence electrons. The Bertz CT molecular complexity index is 7520. The Kier molecular flexibility index (Phi) is 26.9. The fourth-order valence-corrected chi connectivity index (χ4v) is 17.0. The van der Waals surface area contributed by atoms with Gasteiger partial charge in [-0.15, -0.1) is 0 Å². The van der Waals surface area contributed by atoms with Crippen molar-refractivity contribution in [1.29, 1.82) is 0 Å². The standard InChI is InChI=1S/C21H21N5O.C20H23N7O.C20H25N5O.C19H21N7O.C18H19N7O/c1-3-26(13(2)27)12-18-24-19-16-10-9-15(14-7-5-4-6-8-14)11-17(16)23-21(22)20(19)25-18;1-4-27(20(28)11(2)3)10-16-24-17-13-6-5-12(14-7-8-22-26-14)9-15(13)23-19(21)18(17)25-16;1-3-25(12(2)26)11-17-23-18-15-9-8-14(13-6-4-5-7-13)10-16(15)22-20(21)19(18)24-17;1-3-16(27)26(4-2)10-15-23-17-12-6-5-11(13-7-8-21-25-13)9-14(12)22-19(20)18(17)24-15;1-3-15(26)25(2)9-14-22-16-11-5-4-10(12-6-7-20-24-12)8-13(11)21-18(19)17(16)23-14/h4-11H,3,12H2,1-2H3,(H2,22,23)(H,24,25);5-9,11H,4,10H2,1-3H3,(H2,21,23)(H,22,26)(H,24,25);8-10,13H,3-7,11H2,1-2H3,(H2,21,22)(H,23,24);5-9H,3-4,10H2,1-2H3,(H2,20,22)(H,21,25)(H,23,24);4-8H,3,9H2,1-2H3,(H2,19,21)(H,20,24)(H,22,23). The summed E-state index contributed by atoms with van der Waals surface area (Å²) in [4.78, 5) is 131. The van der Waals surface area contributed by atoms with E-state index in [1.807, 2.05) is 159 Å². The molecule has 0 radical (unpaired) electrons. The number of carbonyl (C=O) groups excluding carboxylic acids is 5. The number of hydrogen-bond acceptors (Lipinski definition) is 23. The van der Waals surface area contributed by atoms with Gasteiger partial charge in [-0.3, -0.25) is 39.3 Å². The van der Waals surface area contributed by atoms with Gasteiger partial charge in [0.1, 0.15) is 113 Å². The SMILES string of the molecule is CCC(=O)N(C)Cc1nc2c([nH]1)c(N)nc1cc(-c3ccn[nH]3)ccc12.CCC(=O)N(CC)Cc1nc2c([nH]1)c(N)nc1cc(-c3ccn[nH]3)ccc12.CCN(Cc1nc2c([nH]1)c(N)nc1cc(-c3ccccc3)ccc12)C(C)=O.CCN(Cc1nc2c([nH]1)c(N)nc1cc(-c3ccn[nH]3)ccc12)C(=O)C(C)C.CCN(Cc1nc2c([nH]1)c(N)nc1cc(C3CCCC3)ccc12)C(C)=O. The predicted octanol–water partition coefficient (Wildman–Crippen LogP) is 15.8. The maximum atomic E-state index is 12.4. The zero-order valence-electron chi connectivity index (χ0n) is 76.8. The predicted molar refractivity (Wildman–Crippen MR) is 526 cm³/mol. The lowest BCUT2D eigenvalue weighted by Gasteiger charge is -2.21. The number of fused-ring (bicyclic) bond motifs is 15. The highest BCUT2D eigenvalue weighted by atomic mass is 16.2. The van der Waals surface area contributed by atoms with Crippen LogP contribution in [0.3, 0.4) is 0 Å². The first-order valence-electron chi connectivity index (χ1n) is 45.0. The minimum absolute atomic E-state index is 0.0152. The Morgan fingerprint density at radius 3 is 0.993 bits per heavy atom. The van der Waals surface area contributed by atoms with Crippen LogP contribution in [0.2, 0.25) is 0 Å². The van der Waals surface area contributed by atoms with Gasteiger partial charge < -0.3 is 78.1 Å². The molecule has 0 atom stereocenters. The van der Waals surface area contributed by atoms with Crippen LogP contribution in [0.15, 0.2) is 158 Å². The number of hydrogen-bond donors (Lipinski definition) is 13. The molecule has 1 aliphatic rings. The van der Waals surface area contributed by atoms with Gasteiger partial charge in [0.25, 0.3) is 0 Å². The first-order chi connectivity index (χ1) is 64.8. The fourth-order valence-electron chi connectivity index (χ4n) is 17.0. The second kappa shape index (κ2) is 39.6. The van der Waals surface area contributed by atoms with E-state index in [1.54, 1.807) is 64.0 Å². The molecule has 13 heterocycles. The lowest BCUT2D eigenvalue weighted by atomic mass is 9.96. The normalized spacial score (nSPS) is 12.1. The van der Waals surface area contributed by atoms with Crippen molar-refractivity contribution in [3.63, 3.8) is 0 Å². The number of nitrogens with zero attached hydrogens (tertiary/aromatic N) is 18. The number of anilines is 5. The van der Waals surface area contributed by atoms with Crippen LogP contribution in [0, 0.1) is 5.92 Å². The Hall–Kier alpha value is -16.3.